The first-order chi connectivity index (χ1) is 19.9. The molecule has 12 nitrogen and oxygen atoms in total. The quantitative estimate of drug-likeness (QED) is 0.335. The molecule has 3 heterocycles. The van der Waals surface area contributed by atoms with Gasteiger partial charge in [-0.3, -0.25) is 23.5 Å². The summed E-state index contributed by atoms with van der Waals surface area (Å²) in [7, 11) is 3.32. The monoisotopic (exact) mass is 570 g/mol. The van der Waals surface area contributed by atoms with Gasteiger partial charge in [-0.2, -0.15) is 10.2 Å². The second-order valence-corrected chi connectivity index (χ2v) is 11.0. The second kappa shape index (κ2) is 11.8. The number of imidazole rings is 1. The van der Waals surface area contributed by atoms with Crippen LogP contribution >= 0.6 is 0 Å². The van der Waals surface area contributed by atoms with Gasteiger partial charge in [0.05, 0.1) is 24.3 Å². The number of aryl methyl sites for hydroxylation is 1. The first kappa shape index (κ1) is 29.9. The van der Waals surface area contributed by atoms with Gasteiger partial charge < -0.3 is 15.0 Å². The summed E-state index contributed by atoms with van der Waals surface area (Å²) < 4.78 is 9.38. The van der Waals surface area contributed by atoms with Crippen molar-refractivity contribution in [3.8, 4) is 17.9 Å². The van der Waals surface area contributed by atoms with Gasteiger partial charge in [-0.05, 0) is 34.6 Å². The summed E-state index contributed by atoms with van der Waals surface area (Å²) in [5.41, 5.74) is -0.796. The maximum Gasteiger partial charge on any atom is 0.407 e. The lowest BCUT2D eigenvalue weighted by molar-refractivity contribution is 0.0510. The van der Waals surface area contributed by atoms with Crippen LogP contribution in [0.3, 0.4) is 0 Å². The van der Waals surface area contributed by atoms with E-state index in [2.05, 4.69) is 33.2 Å². The molecule has 0 aliphatic rings. The van der Waals surface area contributed by atoms with Crippen LogP contribution in [0.15, 0.2) is 40.1 Å². The smallest absolute Gasteiger partial charge is 0.407 e. The summed E-state index contributed by atoms with van der Waals surface area (Å²) >= 11 is 0. The van der Waals surface area contributed by atoms with Crippen LogP contribution in [0.2, 0.25) is 0 Å². The Bertz CT molecular complexity index is 1890. The minimum atomic E-state index is -0.635. The average molecular weight is 571 g/mol. The molecular formula is C30H34N8O4. The van der Waals surface area contributed by atoms with Gasteiger partial charge in [0.15, 0.2) is 11.2 Å². The number of carbonyl (C=O) groups excluding carboxylic acids is 1. The van der Waals surface area contributed by atoms with Crippen LogP contribution in [0.4, 0.5) is 10.7 Å². The van der Waals surface area contributed by atoms with Crippen LogP contribution in [0.5, 0.6) is 0 Å². The summed E-state index contributed by atoms with van der Waals surface area (Å²) in [6, 6.07) is 9.17. The highest BCUT2D eigenvalue weighted by Gasteiger charge is 2.24. The lowest BCUT2D eigenvalue weighted by atomic mass is 10.1. The number of ether oxygens (including phenoxy) is 1. The van der Waals surface area contributed by atoms with Gasteiger partial charge in [-0.1, -0.05) is 30.2 Å². The van der Waals surface area contributed by atoms with Gasteiger partial charge in [0.1, 0.15) is 11.7 Å². The molecule has 1 N–H and O–H groups in total. The second-order valence-electron chi connectivity index (χ2n) is 11.0. The summed E-state index contributed by atoms with van der Waals surface area (Å²) in [4.78, 5) is 50.5. The molecule has 1 atom stereocenters. The third kappa shape index (κ3) is 5.98. The van der Waals surface area contributed by atoms with Crippen molar-refractivity contribution in [1.29, 1.82) is 5.26 Å². The fourth-order valence-electron chi connectivity index (χ4n) is 4.74. The van der Waals surface area contributed by atoms with E-state index < -0.39 is 22.9 Å². The number of fused-ring (bicyclic) bond motifs is 2. The van der Waals surface area contributed by atoms with E-state index in [0.717, 1.165) is 9.95 Å². The summed E-state index contributed by atoms with van der Waals surface area (Å²) in [6.07, 6.45) is 1.08. The standard InChI is InChI=1S/C30H34N8O4/c1-8-9-14-37-24-25(34-27(37)35(6)17-19(2)33-28(40)42-30(3,4)5)36(7)29(41)38(26(24)39)18-23-22(15-31)21-13-11-10-12-20(21)16-32-23/h10-13,16,19H,14,17-18H2,1-7H3,(H,33,40)/t19-/m0/s1. The molecular weight excluding hydrogens is 536 g/mol. The third-order valence-electron chi connectivity index (χ3n) is 6.58. The molecule has 4 rings (SSSR count). The molecule has 12 heteroatoms. The number of hydrogen-bond acceptors (Lipinski definition) is 8. The SMILES string of the molecule is CC#CCn1c(N(C)C[C@H](C)NC(=O)OC(C)(C)C)nc2c1c(=O)n(Cc1ncc3ccccc3c1C#N)c(=O)n2C. The van der Waals surface area contributed by atoms with Gasteiger partial charge in [-0.15, -0.1) is 5.92 Å². The Morgan fingerprint density at radius 1 is 1.21 bits per heavy atom. The van der Waals surface area contributed by atoms with Gasteiger partial charge in [0, 0.05) is 43.7 Å². The van der Waals surface area contributed by atoms with E-state index >= 15 is 0 Å². The molecule has 0 aliphatic carbocycles. The number of hydrogen-bond donors (Lipinski definition) is 1. The predicted octanol–water partition coefficient (Wildman–Crippen LogP) is 2.74. The van der Waals surface area contributed by atoms with Crippen molar-refractivity contribution in [2.75, 3.05) is 18.5 Å². The van der Waals surface area contributed by atoms with Gasteiger partial charge in [0.25, 0.3) is 5.56 Å². The van der Waals surface area contributed by atoms with E-state index in [1.165, 1.54) is 4.57 Å². The lowest BCUT2D eigenvalue weighted by Gasteiger charge is -2.25. The van der Waals surface area contributed by atoms with Crippen molar-refractivity contribution < 1.29 is 9.53 Å². The zero-order chi connectivity index (χ0) is 30.8. The normalized spacial score (nSPS) is 12.0. The highest BCUT2D eigenvalue weighted by molar-refractivity contribution is 5.87. The van der Waals surface area contributed by atoms with Crippen LogP contribution in [-0.4, -0.2) is 55.0 Å². The molecule has 0 saturated carbocycles. The maximum absolute atomic E-state index is 13.9. The molecule has 0 radical (unpaired) electrons. The number of alkyl carbamates (subject to hydrolysis) is 1. The summed E-state index contributed by atoms with van der Waals surface area (Å²) in [5.74, 6) is 6.23. The van der Waals surface area contributed by atoms with Crippen LogP contribution in [0.1, 0.15) is 45.9 Å². The molecule has 1 amide bonds. The predicted molar refractivity (Wildman–Crippen MR) is 160 cm³/mol. The minimum Gasteiger partial charge on any atom is -0.444 e. The number of nitrogens with zero attached hydrogens (tertiary/aromatic N) is 7. The average Bonchev–Trinajstić information content (AvgIpc) is 3.31. The van der Waals surface area contributed by atoms with E-state index in [1.54, 1.807) is 57.5 Å². The first-order valence-corrected chi connectivity index (χ1v) is 13.4. The Kier molecular flexibility index (Phi) is 8.39. The van der Waals surface area contributed by atoms with E-state index in [-0.39, 0.29) is 30.3 Å². The molecule has 0 saturated heterocycles. The van der Waals surface area contributed by atoms with Crippen molar-refractivity contribution in [2.24, 2.45) is 7.05 Å². The minimum absolute atomic E-state index is 0.145. The molecule has 42 heavy (non-hydrogen) atoms. The van der Waals surface area contributed by atoms with Crippen LogP contribution < -0.4 is 21.5 Å². The van der Waals surface area contributed by atoms with Crippen LogP contribution in [-0.2, 0) is 24.9 Å². The molecule has 0 spiro atoms. The van der Waals surface area contributed by atoms with Crippen LogP contribution in [0.25, 0.3) is 21.9 Å². The number of amides is 1. The van der Waals surface area contributed by atoms with E-state index in [1.807, 2.05) is 31.2 Å². The number of nitriles is 1. The largest absolute Gasteiger partial charge is 0.444 e. The number of rotatable bonds is 7. The highest BCUT2D eigenvalue weighted by Crippen LogP contribution is 2.22. The Morgan fingerprint density at radius 2 is 1.93 bits per heavy atom. The Morgan fingerprint density at radius 3 is 2.60 bits per heavy atom. The van der Waals surface area contributed by atoms with Gasteiger partial charge in [0.2, 0.25) is 5.95 Å². The van der Waals surface area contributed by atoms with E-state index in [0.29, 0.717) is 29.1 Å². The molecule has 4 aromatic rings. The van der Waals surface area contributed by atoms with E-state index in [9.17, 15) is 19.6 Å². The number of carbonyl (C=O) groups is 1. The number of anilines is 1. The highest BCUT2D eigenvalue weighted by atomic mass is 16.6. The van der Waals surface area contributed by atoms with Crippen LogP contribution in [0, 0.1) is 23.2 Å². The van der Waals surface area contributed by atoms with Crippen molar-refractivity contribution in [1.82, 2.24) is 29.0 Å². The first-order valence-electron chi connectivity index (χ1n) is 13.4. The van der Waals surface area contributed by atoms with Gasteiger partial charge >= 0.3 is 11.8 Å². The van der Waals surface area contributed by atoms with E-state index in [4.69, 9.17) is 4.74 Å². The topological polar surface area (TPSA) is 140 Å². The number of likely N-dealkylation sites (N-methyl/N-ethyl adjacent to an activating group) is 1. The lowest BCUT2D eigenvalue weighted by Crippen LogP contribution is -2.43. The molecule has 0 bridgehead atoms. The van der Waals surface area contributed by atoms with Gasteiger partial charge in [-0.25, -0.2) is 9.59 Å². The Balaban J connectivity index is 1.78. The Hall–Kier alpha value is -5.10. The number of benzene rings is 1. The molecule has 0 aliphatic heterocycles. The molecule has 0 fully saturated rings. The zero-order valence-corrected chi connectivity index (χ0v) is 24.8. The molecule has 0 unspecified atom stereocenters. The zero-order valence-electron chi connectivity index (χ0n) is 24.8. The fourth-order valence-corrected chi connectivity index (χ4v) is 4.74. The summed E-state index contributed by atoms with van der Waals surface area (Å²) in [5, 5.41) is 14.2. The Labute approximate surface area is 243 Å². The maximum atomic E-state index is 13.9. The van der Waals surface area contributed by atoms with Crippen molar-refractivity contribution >= 4 is 34.0 Å². The number of nitrogens with one attached hydrogen (secondary N) is 1. The number of aromatic nitrogens is 5. The fraction of sp³-hybridized carbons (Fsp3) is 0.400. The molecule has 1 aromatic carbocycles. The van der Waals surface area contributed by atoms with Crippen molar-refractivity contribution in [2.45, 2.75) is 59.4 Å². The van der Waals surface area contributed by atoms with Crippen molar-refractivity contribution in [3.63, 3.8) is 0 Å². The molecule has 3 aromatic heterocycles. The van der Waals surface area contributed by atoms with Crippen molar-refractivity contribution in [3.05, 3.63) is 62.6 Å². The number of pyridine rings is 1. The molecule has 218 valence electrons. The third-order valence-corrected chi connectivity index (χ3v) is 6.58. The summed E-state index contributed by atoms with van der Waals surface area (Å²) in [6.45, 7) is 9.16.